The third-order valence-corrected chi connectivity index (χ3v) is 6.37. The van der Waals surface area contributed by atoms with E-state index >= 15 is 0 Å². The van der Waals surface area contributed by atoms with Gasteiger partial charge in [0.05, 0.1) is 6.61 Å². The number of fused-ring (bicyclic) bond motifs is 3. The zero-order chi connectivity index (χ0) is 24.3. The first-order valence-corrected chi connectivity index (χ1v) is 12.4. The topological polar surface area (TPSA) is 73.9 Å². The molecule has 3 rings (SSSR count). The number of hydrogen-bond donors (Lipinski definition) is 1. The molecule has 1 unspecified atom stereocenters. The molecule has 184 valence electrons. The van der Waals surface area contributed by atoms with Crippen molar-refractivity contribution in [1.29, 1.82) is 0 Å². The average molecular weight is 468 g/mol. The first-order valence-electron chi connectivity index (χ1n) is 12.4. The Bertz CT molecular complexity index is 898. The van der Waals surface area contributed by atoms with Crippen LogP contribution in [0.25, 0.3) is 11.1 Å². The third kappa shape index (κ3) is 6.60. The summed E-state index contributed by atoms with van der Waals surface area (Å²) >= 11 is 0. The van der Waals surface area contributed by atoms with Gasteiger partial charge in [0.1, 0.15) is 12.7 Å². The maximum absolute atomic E-state index is 12.7. The number of amides is 1. The van der Waals surface area contributed by atoms with E-state index in [2.05, 4.69) is 36.5 Å². The fraction of sp³-hybridized carbons (Fsp3) is 0.500. The van der Waals surface area contributed by atoms with Crippen LogP contribution in [0, 0.1) is 0 Å². The highest BCUT2D eigenvalue weighted by Crippen LogP contribution is 2.44. The highest BCUT2D eigenvalue weighted by molar-refractivity contribution is 5.82. The highest BCUT2D eigenvalue weighted by Gasteiger charge is 2.30. The number of hydrogen-bond acceptors (Lipinski definition) is 5. The number of rotatable bonds is 13. The van der Waals surface area contributed by atoms with Crippen molar-refractivity contribution < 1.29 is 23.8 Å². The molecule has 0 spiro atoms. The number of nitrogens with one attached hydrogen (secondary N) is 1. The number of ether oxygens (including phenoxy) is 3. The first-order chi connectivity index (χ1) is 16.6. The van der Waals surface area contributed by atoms with Crippen molar-refractivity contribution in [2.75, 3.05) is 20.3 Å². The first kappa shape index (κ1) is 25.8. The fourth-order valence-electron chi connectivity index (χ4n) is 4.51. The van der Waals surface area contributed by atoms with Crippen LogP contribution in [0.1, 0.15) is 69.4 Å². The molecule has 34 heavy (non-hydrogen) atoms. The maximum atomic E-state index is 12.7. The smallest absolute Gasteiger partial charge is 0.407 e. The molecule has 0 heterocycles. The average Bonchev–Trinajstić information content (AvgIpc) is 3.18. The van der Waals surface area contributed by atoms with Gasteiger partial charge in [-0.2, -0.15) is 0 Å². The van der Waals surface area contributed by atoms with E-state index in [1.165, 1.54) is 13.5 Å². The van der Waals surface area contributed by atoms with Crippen LogP contribution in [0.15, 0.2) is 48.5 Å². The third-order valence-electron chi connectivity index (χ3n) is 6.37. The second-order valence-electron chi connectivity index (χ2n) is 8.79. The lowest BCUT2D eigenvalue weighted by atomic mass is 9.98. The van der Waals surface area contributed by atoms with Gasteiger partial charge in [-0.1, -0.05) is 81.6 Å². The van der Waals surface area contributed by atoms with Crippen LogP contribution in [0.3, 0.4) is 0 Å². The number of carbonyl (C=O) groups is 2. The molecular formula is C28H37NO5. The Morgan fingerprint density at radius 3 is 2.18 bits per heavy atom. The van der Waals surface area contributed by atoms with Gasteiger partial charge in [-0.15, -0.1) is 0 Å². The number of esters is 1. The van der Waals surface area contributed by atoms with Gasteiger partial charge in [-0.05, 0) is 41.5 Å². The van der Waals surface area contributed by atoms with Gasteiger partial charge in [0.15, 0.2) is 6.04 Å². The lowest BCUT2D eigenvalue weighted by Crippen LogP contribution is -2.46. The Hall–Kier alpha value is -2.86. The molecule has 1 aliphatic carbocycles. The predicted molar refractivity (Wildman–Crippen MR) is 133 cm³/mol. The van der Waals surface area contributed by atoms with E-state index in [9.17, 15) is 9.59 Å². The Balaban J connectivity index is 1.56. The predicted octanol–water partition coefficient (Wildman–Crippen LogP) is 5.83. The summed E-state index contributed by atoms with van der Waals surface area (Å²) in [5, 5.41) is 2.63. The lowest BCUT2D eigenvalue weighted by Gasteiger charge is -2.22. The minimum Gasteiger partial charge on any atom is -0.461 e. The van der Waals surface area contributed by atoms with Gasteiger partial charge in [-0.3, -0.25) is 0 Å². The Morgan fingerprint density at radius 2 is 1.59 bits per heavy atom. The maximum Gasteiger partial charge on any atom is 0.407 e. The lowest BCUT2D eigenvalue weighted by molar-refractivity contribution is -0.153. The summed E-state index contributed by atoms with van der Waals surface area (Å²) in [5.41, 5.74) is 4.60. The van der Waals surface area contributed by atoms with Crippen LogP contribution in [0.4, 0.5) is 4.79 Å². The summed E-state index contributed by atoms with van der Waals surface area (Å²) < 4.78 is 16.4. The van der Waals surface area contributed by atoms with Gasteiger partial charge < -0.3 is 19.5 Å². The van der Waals surface area contributed by atoms with Crippen molar-refractivity contribution >= 4 is 12.1 Å². The summed E-state index contributed by atoms with van der Waals surface area (Å²) in [7, 11) is 1.49. The van der Waals surface area contributed by atoms with Crippen molar-refractivity contribution in [2.24, 2.45) is 0 Å². The van der Waals surface area contributed by atoms with Crippen LogP contribution < -0.4 is 5.32 Å². The monoisotopic (exact) mass is 467 g/mol. The van der Waals surface area contributed by atoms with Gasteiger partial charge in [0, 0.05) is 13.0 Å². The zero-order valence-corrected chi connectivity index (χ0v) is 20.5. The van der Waals surface area contributed by atoms with Gasteiger partial charge in [-0.25, -0.2) is 9.59 Å². The summed E-state index contributed by atoms with van der Waals surface area (Å²) in [6.07, 6.45) is 5.24. The minimum absolute atomic E-state index is 0.0231. The molecule has 2 aromatic rings. The summed E-state index contributed by atoms with van der Waals surface area (Å²) in [6.45, 7) is 4.38. The molecular weight excluding hydrogens is 430 g/mol. The van der Waals surface area contributed by atoms with Crippen molar-refractivity contribution in [1.82, 2.24) is 5.32 Å². The van der Waals surface area contributed by atoms with E-state index in [1.807, 2.05) is 31.2 Å². The quantitative estimate of drug-likeness (QED) is 0.296. The molecule has 2 atom stereocenters. The van der Waals surface area contributed by atoms with Crippen molar-refractivity contribution in [3.05, 3.63) is 59.7 Å². The van der Waals surface area contributed by atoms with E-state index in [4.69, 9.17) is 14.2 Å². The van der Waals surface area contributed by atoms with Gasteiger partial charge >= 0.3 is 12.1 Å². The molecule has 0 saturated carbocycles. The van der Waals surface area contributed by atoms with Crippen molar-refractivity contribution in [2.45, 2.75) is 70.4 Å². The normalized spacial score (nSPS) is 14.1. The van der Waals surface area contributed by atoms with E-state index in [0.29, 0.717) is 0 Å². The van der Waals surface area contributed by atoms with E-state index in [1.54, 1.807) is 0 Å². The number of alkyl carbamates (subject to hydrolysis) is 1. The SMILES string of the molecule is CCCCCCC(CC)OC(=O)[C@H](COC)NC(=O)OCC1c2ccccc2-c2ccccc21. The standard InChI is InChI=1S/C28H37NO5/c1-4-6-7-8-13-20(5-2)34-27(30)26(19-32-3)29-28(31)33-18-25-23-16-11-9-14-21(23)22-15-10-12-17-24(22)25/h9-12,14-17,20,25-26H,4-8,13,18-19H2,1-3H3,(H,29,31)/t20?,26-/m0/s1. The van der Waals surface area contributed by atoms with Gasteiger partial charge in [0.2, 0.25) is 0 Å². The zero-order valence-electron chi connectivity index (χ0n) is 20.5. The van der Waals surface area contributed by atoms with Crippen LogP contribution in [-0.2, 0) is 19.0 Å². The largest absolute Gasteiger partial charge is 0.461 e. The molecule has 0 aromatic heterocycles. The van der Waals surface area contributed by atoms with Crippen LogP contribution in [0.2, 0.25) is 0 Å². The van der Waals surface area contributed by atoms with Crippen LogP contribution in [-0.4, -0.2) is 44.5 Å². The number of unbranched alkanes of at least 4 members (excludes halogenated alkanes) is 3. The van der Waals surface area contributed by atoms with E-state index in [-0.39, 0.29) is 25.2 Å². The van der Waals surface area contributed by atoms with Crippen LogP contribution >= 0.6 is 0 Å². The number of benzene rings is 2. The number of carbonyl (C=O) groups excluding carboxylic acids is 2. The Labute approximate surface area is 203 Å². The molecule has 6 nitrogen and oxygen atoms in total. The van der Waals surface area contributed by atoms with E-state index in [0.717, 1.165) is 54.4 Å². The Morgan fingerprint density at radius 1 is 0.941 bits per heavy atom. The molecule has 6 heteroatoms. The molecule has 1 aliphatic rings. The molecule has 2 aromatic carbocycles. The second kappa shape index (κ2) is 13.1. The Kier molecular flexibility index (Phi) is 9.95. The summed E-state index contributed by atoms with van der Waals surface area (Å²) in [4.78, 5) is 25.4. The highest BCUT2D eigenvalue weighted by atomic mass is 16.6. The second-order valence-corrected chi connectivity index (χ2v) is 8.79. The van der Waals surface area contributed by atoms with Crippen molar-refractivity contribution in [3.63, 3.8) is 0 Å². The molecule has 0 radical (unpaired) electrons. The van der Waals surface area contributed by atoms with Crippen molar-refractivity contribution in [3.8, 4) is 11.1 Å². The molecule has 1 N–H and O–H groups in total. The van der Waals surface area contributed by atoms with Gasteiger partial charge in [0.25, 0.3) is 0 Å². The molecule has 0 fully saturated rings. The fourth-order valence-corrected chi connectivity index (χ4v) is 4.51. The van der Waals surface area contributed by atoms with E-state index < -0.39 is 18.1 Å². The van der Waals surface area contributed by atoms with Crippen LogP contribution in [0.5, 0.6) is 0 Å². The number of methoxy groups -OCH3 is 1. The summed E-state index contributed by atoms with van der Waals surface area (Å²) in [5.74, 6) is -0.531. The molecule has 0 aliphatic heterocycles. The molecule has 0 bridgehead atoms. The molecule has 0 saturated heterocycles. The summed E-state index contributed by atoms with van der Waals surface area (Å²) in [6, 6.07) is 15.4. The molecule has 1 amide bonds. The minimum atomic E-state index is -0.912.